The fraction of sp³-hybridized carbons (Fsp3) is 0.333. The van der Waals surface area contributed by atoms with Crippen LogP contribution < -0.4 is 4.90 Å². The molecule has 6 heteroatoms. The SMILES string of the molecule is CN1C(=O)S/C(=C/c2ccc(N3CCCC3)c(F)c2)C1=O. The van der Waals surface area contributed by atoms with Gasteiger partial charge in [0.15, 0.2) is 0 Å². The van der Waals surface area contributed by atoms with Gasteiger partial charge in [0.25, 0.3) is 11.1 Å². The van der Waals surface area contributed by atoms with E-state index in [-0.39, 0.29) is 17.0 Å². The zero-order chi connectivity index (χ0) is 15.0. The van der Waals surface area contributed by atoms with E-state index in [1.165, 1.54) is 13.1 Å². The maximum Gasteiger partial charge on any atom is 0.293 e. The van der Waals surface area contributed by atoms with E-state index in [0.29, 0.717) is 16.2 Å². The van der Waals surface area contributed by atoms with Crippen LogP contribution >= 0.6 is 11.8 Å². The van der Waals surface area contributed by atoms with Crippen LogP contribution in [0.3, 0.4) is 0 Å². The van der Waals surface area contributed by atoms with Crippen LogP contribution in [-0.4, -0.2) is 36.2 Å². The molecule has 4 nitrogen and oxygen atoms in total. The molecule has 0 aliphatic carbocycles. The van der Waals surface area contributed by atoms with Gasteiger partial charge in [0, 0.05) is 20.1 Å². The van der Waals surface area contributed by atoms with Gasteiger partial charge in [-0.2, -0.15) is 0 Å². The number of rotatable bonds is 2. The predicted octanol–water partition coefficient (Wildman–Crippen LogP) is 3.09. The largest absolute Gasteiger partial charge is 0.369 e. The summed E-state index contributed by atoms with van der Waals surface area (Å²) in [6.07, 6.45) is 3.74. The molecule has 0 saturated carbocycles. The van der Waals surface area contributed by atoms with Crippen LogP contribution in [0, 0.1) is 5.82 Å². The number of hydrogen-bond donors (Lipinski definition) is 0. The van der Waals surface area contributed by atoms with Gasteiger partial charge in [-0.25, -0.2) is 4.39 Å². The summed E-state index contributed by atoms with van der Waals surface area (Å²) in [5.41, 5.74) is 1.20. The number of halogens is 1. The van der Waals surface area contributed by atoms with Gasteiger partial charge in [-0.15, -0.1) is 0 Å². The predicted molar refractivity (Wildman–Crippen MR) is 81.6 cm³/mol. The van der Waals surface area contributed by atoms with Gasteiger partial charge in [0.2, 0.25) is 0 Å². The molecule has 1 aromatic rings. The Balaban J connectivity index is 1.86. The van der Waals surface area contributed by atoms with Crippen molar-refractivity contribution < 1.29 is 14.0 Å². The molecule has 2 saturated heterocycles. The summed E-state index contributed by atoms with van der Waals surface area (Å²) in [4.78, 5) is 26.6. The second kappa shape index (κ2) is 5.52. The number of likely N-dealkylation sites (N-methyl/N-ethyl adjacent to an activating group) is 1. The van der Waals surface area contributed by atoms with Crippen molar-refractivity contribution in [3.05, 3.63) is 34.5 Å². The lowest BCUT2D eigenvalue weighted by Crippen LogP contribution is -2.22. The molecule has 2 heterocycles. The summed E-state index contributed by atoms with van der Waals surface area (Å²) in [5, 5.41) is -0.305. The minimum atomic E-state index is -0.339. The summed E-state index contributed by atoms with van der Waals surface area (Å²) in [5.74, 6) is -0.629. The second-order valence-corrected chi connectivity index (χ2v) is 6.14. The van der Waals surface area contributed by atoms with E-state index in [4.69, 9.17) is 0 Å². The topological polar surface area (TPSA) is 40.6 Å². The molecule has 0 aromatic heterocycles. The minimum absolute atomic E-state index is 0.290. The van der Waals surface area contributed by atoms with E-state index in [1.807, 2.05) is 4.90 Å². The molecule has 21 heavy (non-hydrogen) atoms. The molecule has 110 valence electrons. The van der Waals surface area contributed by atoms with E-state index < -0.39 is 0 Å². The van der Waals surface area contributed by atoms with Gasteiger partial charge in [0.05, 0.1) is 10.6 Å². The maximum atomic E-state index is 14.2. The van der Waals surface area contributed by atoms with Gasteiger partial charge < -0.3 is 4.90 Å². The quantitative estimate of drug-likeness (QED) is 0.787. The number of hydrogen-bond acceptors (Lipinski definition) is 4. The van der Waals surface area contributed by atoms with Crippen molar-refractivity contribution in [3.63, 3.8) is 0 Å². The molecule has 3 rings (SSSR count). The third-order valence-corrected chi connectivity index (χ3v) is 4.66. The van der Waals surface area contributed by atoms with E-state index in [2.05, 4.69) is 0 Å². The Labute approximate surface area is 126 Å². The zero-order valence-electron chi connectivity index (χ0n) is 11.6. The maximum absolute atomic E-state index is 14.2. The summed E-state index contributed by atoms with van der Waals surface area (Å²) >= 11 is 0.878. The molecular formula is C15H15FN2O2S. The van der Waals surface area contributed by atoms with Crippen molar-refractivity contribution in [2.45, 2.75) is 12.8 Å². The van der Waals surface area contributed by atoms with Crippen molar-refractivity contribution in [3.8, 4) is 0 Å². The molecule has 0 spiro atoms. The van der Waals surface area contributed by atoms with E-state index in [0.717, 1.165) is 42.6 Å². The van der Waals surface area contributed by atoms with Crippen LogP contribution in [0.4, 0.5) is 14.9 Å². The molecule has 2 fully saturated rings. The number of anilines is 1. The number of benzene rings is 1. The van der Waals surface area contributed by atoms with Gasteiger partial charge in [-0.1, -0.05) is 6.07 Å². The molecule has 2 aliphatic heterocycles. The molecule has 1 aromatic carbocycles. The average Bonchev–Trinajstić information content (AvgIpc) is 3.05. The highest BCUT2D eigenvalue weighted by Crippen LogP contribution is 2.32. The highest BCUT2D eigenvalue weighted by atomic mass is 32.2. The van der Waals surface area contributed by atoms with E-state index in [9.17, 15) is 14.0 Å². The third kappa shape index (κ3) is 2.68. The van der Waals surface area contributed by atoms with Crippen LogP contribution in [0.1, 0.15) is 18.4 Å². The summed E-state index contributed by atoms with van der Waals surface area (Å²) in [6, 6.07) is 4.93. The van der Waals surface area contributed by atoms with Crippen LogP contribution in [0.25, 0.3) is 6.08 Å². The number of thioether (sulfide) groups is 1. The standard InChI is InChI=1S/C15H15FN2O2S/c1-17-14(19)13(21-15(17)20)9-10-4-5-12(11(16)8-10)18-6-2-3-7-18/h4-5,8-9H,2-3,6-7H2,1H3/b13-9+. The van der Waals surface area contributed by atoms with Crippen molar-refractivity contribution in [1.82, 2.24) is 4.90 Å². The lowest BCUT2D eigenvalue weighted by molar-refractivity contribution is -0.121. The summed E-state index contributed by atoms with van der Waals surface area (Å²) in [7, 11) is 1.44. The molecule has 0 atom stereocenters. The van der Waals surface area contributed by atoms with Crippen LogP contribution in [0.5, 0.6) is 0 Å². The van der Waals surface area contributed by atoms with Crippen LogP contribution in [0.15, 0.2) is 23.1 Å². The first-order chi connectivity index (χ1) is 10.1. The smallest absolute Gasteiger partial charge is 0.293 e. The van der Waals surface area contributed by atoms with E-state index >= 15 is 0 Å². The molecular weight excluding hydrogens is 291 g/mol. The van der Waals surface area contributed by atoms with Crippen LogP contribution in [-0.2, 0) is 4.79 Å². The second-order valence-electron chi connectivity index (χ2n) is 5.15. The third-order valence-electron chi connectivity index (χ3n) is 3.70. The van der Waals surface area contributed by atoms with Gasteiger partial charge in [-0.05, 0) is 48.4 Å². The highest BCUT2D eigenvalue weighted by molar-refractivity contribution is 8.18. The first kappa shape index (κ1) is 14.1. The molecule has 2 aliphatic rings. The van der Waals surface area contributed by atoms with Gasteiger partial charge >= 0.3 is 0 Å². The van der Waals surface area contributed by atoms with E-state index in [1.54, 1.807) is 18.2 Å². The number of nitrogens with zero attached hydrogens (tertiary/aromatic N) is 2. The molecule has 0 N–H and O–H groups in total. The molecule has 0 bridgehead atoms. The zero-order valence-corrected chi connectivity index (χ0v) is 12.5. The van der Waals surface area contributed by atoms with Crippen LogP contribution in [0.2, 0.25) is 0 Å². The van der Waals surface area contributed by atoms with Crippen molar-refractivity contribution >= 4 is 34.7 Å². The Morgan fingerprint density at radius 3 is 2.52 bits per heavy atom. The summed E-state index contributed by atoms with van der Waals surface area (Å²) in [6.45, 7) is 1.76. The summed E-state index contributed by atoms with van der Waals surface area (Å²) < 4.78 is 14.2. The van der Waals surface area contributed by atoms with Crippen molar-refractivity contribution in [2.24, 2.45) is 0 Å². The number of imide groups is 1. The Morgan fingerprint density at radius 1 is 1.24 bits per heavy atom. The Bertz CT molecular complexity index is 639. The lowest BCUT2D eigenvalue weighted by atomic mass is 10.1. The highest BCUT2D eigenvalue weighted by Gasteiger charge is 2.31. The Hall–Kier alpha value is -1.82. The monoisotopic (exact) mass is 306 g/mol. The fourth-order valence-corrected chi connectivity index (χ4v) is 3.35. The Morgan fingerprint density at radius 2 is 1.95 bits per heavy atom. The first-order valence-corrected chi connectivity index (χ1v) is 7.64. The molecule has 0 radical (unpaired) electrons. The number of amides is 2. The minimum Gasteiger partial charge on any atom is -0.369 e. The number of carbonyl (C=O) groups is 2. The normalized spacial score (nSPS) is 21.0. The molecule has 2 amide bonds. The van der Waals surface area contributed by atoms with Gasteiger partial charge in [-0.3, -0.25) is 14.5 Å². The Kier molecular flexibility index (Phi) is 3.71. The number of carbonyl (C=O) groups excluding carboxylic acids is 2. The fourth-order valence-electron chi connectivity index (χ4n) is 2.52. The molecule has 0 unspecified atom stereocenters. The van der Waals surface area contributed by atoms with Crippen molar-refractivity contribution in [2.75, 3.05) is 25.0 Å². The average molecular weight is 306 g/mol. The first-order valence-electron chi connectivity index (χ1n) is 6.82. The lowest BCUT2D eigenvalue weighted by Gasteiger charge is -2.18. The van der Waals surface area contributed by atoms with Gasteiger partial charge in [0.1, 0.15) is 5.82 Å². The van der Waals surface area contributed by atoms with Crippen molar-refractivity contribution in [1.29, 1.82) is 0 Å².